The summed E-state index contributed by atoms with van der Waals surface area (Å²) < 4.78 is 4.59. The van der Waals surface area contributed by atoms with Gasteiger partial charge in [-0.3, -0.25) is 4.98 Å². The van der Waals surface area contributed by atoms with Gasteiger partial charge in [-0.1, -0.05) is 56.7 Å². The Hall–Kier alpha value is -4.36. The van der Waals surface area contributed by atoms with Gasteiger partial charge in [0.2, 0.25) is 0 Å². The summed E-state index contributed by atoms with van der Waals surface area (Å²) in [5.41, 5.74) is 8.70. The van der Waals surface area contributed by atoms with Crippen LogP contribution in [0.25, 0.3) is 44.1 Å². The van der Waals surface area contributed by atoms with E-state index in [0.717, 1.165) is 47.1 Å². The molecule has 0 aliphatic rings. The van der Waals surface area contributed by atoms with Crippen LogP contribution in [0.4, 0.5) is 0 Å². The zero-order valence-electron chi connectivity index (χ0n) is 20.0. The van der Waals surface area contributed by atoms with Crippen molar-refractivity contribution in [2.75, 3.05) is 0 Å². The van der Waals surface area contributed by atoms with Crippen LogP contribution < -0.4 is 0 Å². The summed E-state index contributed by atoms with van der Waals surface area (Å²) >= 11 is 0. The first-order valence-electron chi connectivity index (χ1n) is 12.3. The number of fused-ring (bicyclic) bond motifs is 4. The Kier molecular flexibility index (Phi) is 5.12. The molecule has 0 N–H and O–H groups in total. The minimum absolute atomic E-state index is 0.643. The molecule has 3 aromatic heterocycles. The molecule has 0 unspecified atom stereocenters. The molecule has 0 fully saturated rings. The van der Waals surface area contributed by atoms with Gasteiger partial charge in [-0.15, -0.1) is 0 Å². The van der Waals surface area contributed by atoms with Crippen molar-refractivity contribution in [1.82, 2.24) is 14.1 Å². The minimum Gasteiger partial charge on any atom is -0.313 e. The van der Waals surface area contributed by atoms with Gasteiger partial charge < -0.3 is 9.13 Å². The van der Waals surface area contributed by atoms with Crippen LogP contribution in [0.15, 0.2) is 85.2 Å². The van der Waals surface area contributed by atoms with Crippen LogP contribution in [-0.2, 0) is 12.8 Å². The van der Waals surface area contributed by atoms with Crippen molar-refractivity contribution in [2.45, 2.75) is 33.1 Å². The summed E-state index contributed by atoms with van der Waals surface area (Å²) in [5, 5.41) is 13.6. The second-order valence-electron chi connectivity index (χ2n) is 8.98. The number of aryl methyl sites for hydroxylation is 1. The lowest BCUT2D eigenvalue weighted by atomic mass is 10.0. The smallest absolute Gasteiger partial charge is 0.0993 e. The standard InChI is InChI=1S/C31H26N4/c1-3-9-24-25-10-5-7-12-29(25)34(28(24)4-2)22-16-21(19-32)17-23(18-22)35-30-13-8-6-11-26(30)27-14-15-33-20-31(27)35/h5-8,10-18,20H,3-4,9H2,1-2H3. The average Bonchev–Trinajstić information content (AvgIpc) is 3.41. The van der Waals surface area contributed by atoms with Crippen molar-refractivity contribution in [1.29, 1.82) is 5.26 Å². The molecule has 35 heavy (non-hydrogen) atoms. The van der Waals surface area contributed by atoms with Crippen molar-refractivity contribution < 1.29 is 0 Å². The Labute approximate surface area is 204 Å². The van der Waals surface area contributed by atoms with Gasteiger partial charge in [0.15, 0.2) is 0 Å². The van der Waals surface area contributed by atoms with Crippen molar-refractivity contribution in [3.05, 3.63) is 102 Å². The molecule has 0 bridgehead atoms. The molecular formula is C31H26N4. The largest absolute Gasteiger partial charge is 0.313 e. The third-order valence-electron chi connectivity index (χ3n) is 6.95. The van der Waals surface area contributed by atoms with Gasteiger partial charge >= 0.3 is 0 Å². The summed E-state index contributed by atoms with van der Waals surface area (Å²) in [6, 6.07) is 27.7. The molecule has 0 radical (unpaired) electrons. The normalized spacial score (nSPS) is 11.5. The van der Waals surface area contributed by atoms with E-state index in [1.165, 1.54) is 27.5 Å². The molecule has 0 atom stereocenters. The lowest BCUT2D eigenvalue weighted by Crippen LogP contribution is -2.04. The van der Waals surface area contributed by atoms with E-state index in [2.05, 4.69) is 94.7 Å². The molecule has 0 aliphatic heterocycles. The molecule has 4 nitrogen and oxygen atoms in total. The summed E-state index contributed by atoms with van der Waals surface area (Å²) in [7, 11) is 0. The third kappa shape index (κ3) is 3.24. The van der Waals surface area contributed by atoms with Crippen molar-refractivity contribution >= 4 is 32.7 Å². The fourth-order valence-corrected chi connectivity index (χ4v) is 5.57. The number of nitriles is 1. The number of pyridine rings is 1. The molecule has 4 heteroatoms. The fourth-order valence-electron chi connectivity index (χ4n) is 5.57. The molecule has 0 saturated heterocycles. The molecule has 6 rings (SSSR count). The Balaban J connectivity index is 1.69. The Morgan fingerprint density at radius 3 is 2.14 bits per heavy atom. The summed E-state index contributed by atoms with van der Waals surface area (Å²) in [6.45, 7) is 4.45. The quantitative estimate of drug-likeness (QED) is 0.271. The molecule has 0 spiro atoms. The van der Waals surface area contributed by atoms with Gasteiger partial charge in [0, 0.05) is 39.4 Å². The summed E-state index contributed by atoms with van der Waals surface area (Å²) in [4.78, 5) is 4.42. The zero-order valence-corrected chi connectivity index (χ0v) is 20.0. The number of rotatable bonds is 5. The highest BCUT2D eigenvalue weighted by atomic mass is 15.0. The van der Waals surface area contributed by atoms with Crippen LogP contribution in [0.1, 0.15) is 37.1 Å². The molecule has 0 aliphatic carbocycles. The monoisotopic (exact) mass is 454 g/mol. The van der Waals surface area contributed by atoms with Gasteiger partial charge in [-0.05, 0) is 54.8 Å². The summed E-state index contributed by atoms with van der Waals surface area (Å²) in [5.74, 6) is 0. The predicted molar refractivity (Wildman–Crippen MR) is 143 cm³/mol. The van der Waals surface area contributed by atoms with Gasteiger partial charge in [0.1, 0.15) is 0 Å². The Morgan fingerprint density at radius 1 is 0.771 bits per heavy atom. The van der Waals surface area contributed by atoms with Crippen LogP contribution in [0.2, 0.25) is 0 Å². The van der Waals surface area contributed by atoms with E-state index >= 15 is 0 Å². The first kappa shape index (κ1) is 21.2. The van der Waals surface area contributed by atoms with Crippen LogP contribution in [0.3, 0.4) is 0 Å². The van der Waals surface area contributed by atoms with E-state index in [9.17, 15) is 5.26 Å². The predicted octanol–water partition coefficient (Wildman–Crippen LogP) is 7.51. The van der Waals surface area contributed by atoms with Crippen LogP contribution in [0, 0.1) is 11.3 Å². The van der Waals surface area contributed by atoms with E-state index in [4.69, 9.17) is 0 Å². The summed E-state index contributed by atoms with van der Waals surface area (Å²) in [6.07, 6.45) is 6.81. The van der Waals surface area contributed by atoms with E-state index in [0.29, 0.717) is 5.56 Å². The van der Waals surface area contributed by atoms with Gasteiger partial charge in [-0.2, -0.15) is 5.26 Å². The highest BCUT2D eigenvalue weighted by molar-refractivity contribution is 6.09. The highest BCUT2D eigenvalue weighted by Crippen LogP contribution is 2.35. The number of nitrogens with zero attached hydrogens (tertiary/aromatic N) is 4. The van der Waals surface area contributed by atoms with Crippen molar-refractivity contribution in [3.8, 4) is 17.4 Å². The molecule has 0 saturated carbocycles. The highest BCUT2D eigenvalue weighted by Gasteiger charge is 2.19. The van der Waals surface area contributed by atoms with Gasteiger partial charge in [-0.25, -0.2) is 0 Å². The maximum atomic E-state index is 10.0. The van der Waals surface area contributed by atoms with Crippen LogP contribution >= 0.6 is 0 Å². The van der Waals surface area contributed by atoms with Crippen LogP contribution in [0.5, 0.6) is 0 Å². The van der Waals surface area contributed by atoms with Gasteiger partial charge in [0.05, 0.1) is 34.4 Å². The second kappa shape index (κ2) is 8.45. The van der Waals surface area contributed by atoms with Crippen LogP contribution in [-0.4, -0.2) is 14.1 Å². The zero-order chi connectivity index (χ0) is 23.9. The van der Waals surface area contributed by atoms with Crippen molar-refractivity contribution in [3.63, 3.8) is 0 Å². The minimum atomic E-state index is 0.643. The molecular weight excluding hydrogens is 428 g/mol. The number of para-hydroxylation sites is 2. The van der Waals surface area contributed by atoms with E-state index in [1.54, 1.807) is 0 Å². The molecule has 3 heterocycles. The molecule has 6 aromatic rings. The first-order valence-corrected chi connectivity index (χ1v) is 12.3. The SMILES string of the molecule is CCCc1c(CC)n(-c2cc(C#N)cc(-n3c4ccccc4c4ccncc43)c2)c2ccccc12. The fraction of sp³-hybridized carbons (Fsp3) is 0.161. The maximum Gasteiger partial charge on any atom is 0.0993 e. The Morgan fingerprint density at radius 2 is 1.43 bits per heavy atom. The molecule has 0 amide bonds. The Bertz CT molecular complexity index is 1710. The molecule has 3 aromatic carbocycles. The topological polar surface area (TPSA) is 46.5 Å². The van der Waals surface area contributed by atoms with E-state index in [-0.39, 0.29) is 0 Å². The van der Waals surface area contributed by atoms with Crippen molar-refractivity contribution in [2.24, 2.45) is 0 Å². The van der Waals surface area contributed by atoms with E-state index in [1.807, 2.05) is 24.5 Å². The number of benzene rings is 3. The number of hydrogen-bond donors (Lipinski definition) is 0. The van der Waals surface area contributed by atoms with E-state index < -0.39 is 0 Å². The lowest BCUT2D eigenvalue weighted by molar-refractivity contribution is 0.872. The molecule has 170 valence electrons. The maximum absolute atomic E-state index is 10.0. The second-order valence-corrected chi connectivity index (χ2v) is 8.98. The number of aromatic nitrogens is 3. The lowest BCUT2D eigenvalue weighted by Gasteiger charge is -2.15. The number of hydrogen-bond acceptors (Lipinski definition) is 2. The third-order valence-corrected chi connectivity index (χ3v) is 6.95. The van der Waals surface area contributed by atoms with Gasteiger partial charge in [0.25, 0.3) is 0 Å². The average molecular weight is 455 g/mol. The first-order chi connectivity index (χ1) is 17.2.